The molecule has 1 aliphatic rings. The zero-order valence-electron chi connectivity index (χ0n) is 11.1. The summed E-state index contributed by atoms with van der Waals surface area (Å²) in [6, 6.07) is 0.136. The van der Waals surface area contributed by atoms with Gasteiger partial charge in [-0.3, -0.25) is 9.69 Å². The third-order valence-corrected chi connectivity index (χ3v) is 3.35. The molecule has 1 rings (SSSR count). The molecule has 0 aromatic heterocycles. The van der Waals surface area contributed by atoms with Gasteiger partial charge in [-0.25, -0.2) is 0 Å². The maximum absolute atomic E-state index is 12.2. The number of piperidine rings is 1. The van der Waals surface area contributed by atoms with E-state index < -0.39 is 0 Å². The SMILES string of the molecule is C=CCN(CC=C)C(=O)CN1CCCC[C@H]1CO. The summed E-state index contributed by atoms with van der Waals surface area (Å²) in [4.78, 5) is 16.0. The van der Waals surface area contributed by atoms with Gasteiger partial charge in [0.05, 0.1) is 13.2 Å². The lowest BCUT2D eigenvalue weighted by Crippen LogP contribution is -2.48. The van der Waals surface area contributed by atoms with E-state index in [-0.39, 0.29) is 18.6 Å². The van der Waals surface area contributed by atoms with Crippen LogP contribution in [0.15, 0.2) is 25.3 Å². The summed E-state index contributed by atoms with van der Waals surface area (Å²) >= 11 is 0. The zero-order valence-corrected chi connectivity index (χ0v) is 11.1. The molecule has 0 saturated carbocycles. The molecular weight excluding hydrogens is 228 g/mol. The number of hydrogen-bond donors (Lipinski definition) is 1. The minimum atomic E-state index is 0.0788. The van der Waals surface area contributed by atoms with Crippen LogP contribution in [0.3, 0.4) is 0 Å². The molecule has 0 bridgehead atoms. The van der Waals surface area contributed by atoms with Gasteiger partial charge in [-0.15, -0.1) is 13.2 Å². The lowest BCUT2D eigenvalue weighted by atomic mass is 10.0. The highest BCUT2D eigenvalue weighted by Gasteiger charge is 2.24. The van der Waals surface area contributed by atoms with E-state index in [1.54, 1.807) is 17.1 Å². The van der Waals surface area contributed by atoms with Gasteiger partial charge in [-0.1, -0.05) is 18.6 Å². The normalized spacial score (nSPS) is 20.4. The van der Waals surface area contributed by atoms with Gasteiger partial charge in [-0.2, -0.15) is 0 Å². The molecule has 0 unspecified atom stereocenters. The molecule has 1 fully saturated rings. The fraction of sp³-hybridized carbons (Fsp3) is 0.643. The smallest absolute Gasteiger partial charge is 0.237 e. The largest absolute Gasteiger partial charge is 0.395 e. The molecular formula is C14H24N2O2. The van der Waals surface area contributed by atoms with Crippen molar-refractivity contribution in [1.82, 2.24) is 9.80 Å². The van der Waals surface area contributed by atoms with Gasteiger partial charge in [0.1, 0.15) is 0 Å². The highest BCUT2D eigenvalue weighted by atomic mass is 16.3. The van der Waals surface area contributed by atoms with Crippen molar-refractivity contribution >= 4 is 5.91 Å². The van der Waals surface area contributed by atoms with Crippen molar-refractivity contribution in [3.05, 3.63) is 25.3 Å². The molecule has 18 heavy (non-hydrogen) atoms. The Morgan fingerprint density at radius 2 is 2.00 bits per heavy atom. The Labute approximate surface area is 110 Å². The first-order valence-corrected chi connectivity index (χ1v) is 6.57. The fourth-order valence-electron chi connectivity index (χ4n) is 2.34. The van der Waals surface area contributed by atoms with E-state index in [2.05, 4.69) is 18.1 Å². The second-order valence-corrected chi connectivity index (χ2v) is 4.68. The Kier molecular flexibility index (Phi) is 6.68. The van der Waals surface area contributed by atoms with Crippen LogP contribution in [-0.4, -0.2) is 59.6 Å². The van der Waals surface area contributed by atoms with Crippen molar-refractivity contribution < 1.29 is 9.90 Å². The first-order chi connectivity index (χ1) is 8.72. The van der Waals surface area contributed by atoms with E-state index in [1.165, 1.54) is 0 Å². The van der Waals surface area contributed by atoms with Crippen molar-refractivity contribution in [1.29, 1.82) is 0 Å². The summed E-state index contributed by atoms with van der Waals surface area (Å²) in [5.41, 5.74) is 0. The molecule has 102 valence electrons. The number of hydrogen-bond acceptors (Lipinski definition) is 3. The fourth-order valence-corrected chi connectivity index (χ4v) is 2.34. The predicted octanol–water partition coefficient (Wildman–Crippen LogP) is 1.03. The number of likely N-dealkylation sites (tertiary alicyclic amines) is 1. The Morgan fingerprint density at radius 1 is 1.33 bits per heavy atom. The van der Waals surface area contributed by atoms with Gasteiger partial charge >= 0.3 is 0 Å². The summed E-state index contributed by atoms with van der Waals surface area (Å²) in [5.74, 6) is 0.0788. The second kappa shape index (κ2) is 8.06. The summed E-state index contributed by atoms with van der Waals surface area (Å²) < 4.78 is 0. The molecule has 4 heteroatoms. The van der Waals surface area contributed by atoms with Crippen LogP contribution >= 0.6 is 0 Å². The number of nitrogens with zero attached hydrogens (tertiary/aromatic N) is 2. The van der Waals surface area contributed by atoms with Gasteiger partial charge in [0, 0.05) is 19.1 Å². The molecule has 1 amide bonds. The average Bonchev–Trinajstić information content (AvgIpc) is 2.39. The standard InChI is InChI=1S/C14H24N2O2/c1-3-8-15(9-4-2)14(18)11-16-10-6-5-7-13(16)12-17/h3-4,13,17H,1-2,5-12H2/t13-/m0/s1. The van der Waals surface area contributed by atoms with Crippen molar-refractivity contribution in [3.8, 4) is 0 Å². The monoisotopic (exact) mass is 252 g/mol. The van der Waals surface area contributed by atoms with Gasteiger partial charge in [0.2, 0.25) is 5.91 Å². The molecule has 1 N–H and O–H groups in total. The van der Waals surface area contributed by atoms with E-state index in [9.17, 15) is 9.90 Å². The van der Waals surface area contributed by atoms with Gasteiger partial charge in [0.25, 0.3) is 0 Å². The number of rotatable bonds is 7. The van der Waals surface area contributed by atoms with Crippen molar-refractivity contribution in [2.24, 2.45) is 0 Å². The lowest BCUT2D eigenvalue weighted by Gasteiger charge is -2.35. The van der Waals surface area contributed by atoms with E-state index in [0.717, 1.165) is 25.8 Å². The van der Waals surface area contributed by atoms with Gasteiger partial charge in [0.15, 0.2) is 0 Å². The highest BCUT2D eigenvalue weighted by Crippen LogP contribution is 2.16. The molecule has 1 saturated heterocycles. The van der Waals surface area contributed by atoms with E-state index in [4.69, 9.17) is 0 Å². The highest BCUT2D eigenvalue weighted by molar-refractivity contribution is 5.78. The van der Waals surface area contributed by atoms with E-state index in [1.807, 2.05) is 0 Å². The quantitative estimate of drug-likeness (QED) is 0.688. The molecule has 0 radical (unpaired) electrons. The Balaban J connectivity index is 2.54. The predicted molar refractivity (Wildman–Crippen MR) is 73.3 cm³/mol. The van der Waals surface area contributed by atoms with Gasteiger partial charge < -0.3 is 10.0 Å². The molecule has 1 atom stereocenters. The maximum Gasteiger partial charge on any atom is 0.237 e. The van der Waals surface area contributed by atoms with Crippen LogP contribution in [0, 0.1) is 0 Å². The minimum absolute atomic E-state index is 0.0788. The average molecular weight is 252 g/mol. The first-order valence-electron chi connectivity index (χ1n) is 6.57. The minimum Gasteiger partial charge on any atom is -0.395 e. The molecule has 4 nitrogen and oxygen atoms in total. The molecule has 1 heterocycles. The van der Waals surface area contributed by atoms with Crippen LogP contribution < -0.4 is 0 Å². The lowest BCUT2D eigenvalue weighted by molar-refractivity contribution is -0.132. The molecule has 0 spiro atoms. The number of amides is 1. The van der Waals surface area contributed by atoms with E-state index >= 15 is 0 Å². The second-order valence-electron chi connectivity index (χ2n) is 4.68. The van der Waals surface area contributed by atoms with Crippen LogP contribution in [0.25, 0.3) is 0 Å². The van der Waals surface area contributed by atoms with Crippen LogP contribution in [0.1, 0.15) is 19.3 Å². The summed E-state index contributed by atoms with van der Waals surface area (Å²) in [7, 11) is 0. The number of carbonyl (C=O) groups is 1. The summed E-state index contributed by atoms with van der Waals surface area (Å²) in [5, 5.41) is 9.32. The van der Waals surface area contributed by atoms with Crippen molar-refractivity contribution in [2.45, 2.75) is 25.3 Å². The van der Waals surface area contributed by atoms with Crippen LogP contribution in [0.5, 0.6) is 0 Å². The topological polar surface area (TPSA) is 43.8 Å². The number of carbonyl (C=O) groups excluding carboxylic acids is 1. The number of aliphatic hydroxyl groups is 1. The van der Waals surface area contributed by atoms with Crippen molar-refractivity contribution in [2.75, 3.05) is 32.8 Å². The third kappa shape index (κ3) is 4.27. The zero-order chi connectivity index (χ0) is 13.4. The first kappa shape index (κ1) is 14.9. The third-order valence-electron chi connectivity index (χ3n) is 3.35. The Bertz CT molecular complexity index is 282. The Morgan fingerprint density at radius 3 is 2.56 bits per heavy atom. The summed E-state index contributed by atoms with van der Waals surface area (Å²) in [6.07, 6.45) is 6.67. The molecule has 0 aromatic carbocycles. The summed E-state index contributed by atoms with van der Waals surface area (Å²) in [6.45, 7) is 9.82. The molecule has 1 aliphatic heterocycles. The van der Waals surface area contributed by atoms with Gasteiger partial charge in [-0.05, 0) is 19.4 Å². The van der Waals surface area contributed by atoms with Crippen LogP contribution in [0.2, 0.25) is 0 Å². The maximum atomic E-state index is 12.2. The molecule has 0 aliphatic carbocycles. The van der Waals surface area contributed by atoms with E-state index in [0.29, 0.717) is 19.6 Å². The van der Waals surface area contributed by atoms with Crippen LogP contribution in [-0.2, 0) is 4.79 Å². The van der Waals surface area contributed by atoms with Crippen LogP contribution in [0.4, 0.5) is 0 Å². The number of aliphatic hydroxyl groups excluding tert-OH is 1. The molecule has 0 aromatic rings. The van der Waals surface area contributed by atoms with Crippen molar-refractivity contribution in [3.63, 3.8) is 0 Å². The Hall–Kier alpha value is -1.13.